The van der Waals surface area contributed by atoms with Crippen molar-refractivity contribution in [2.24, 2.45) is 0 Å². The normalized spacial score (nSPS) is 19.8. The molecular formula is C22H25ClFN3O4S. The Kier molecular flexibility index (Phi) is 6.92. The van der Waals surface area contributed by atoms with Crippen molar-refractivity contribution >= 4 is 39.1 Å². The molecule has 0 aromatic heterocycles. The summed E-state index contributed by atoms with van der Waals surface area (Å²) < 4.78 is 39.3. The number of hydrogen-bond donors (Lipinski definition) is 1. The Morgan fingerprint density at radius 3 is 2.50 bits per heavy atom. The molecule has 0 unspecified atom stereocenters. The fourth-order valence-corrected chi connectivity index (χ4v) is 5.02. The van der Waals surface area contributed by atoms with Gasteiger partial charge in [-0.3, -0.25) is 14.5 Å². The van der Waals surface area contributed by atoms with Gasteiger partial charge >= 0.3 is 0 Å². The molecule has 1 N–H and O–H groups in total. The van der Waals surface area contributed by atoms with Crippen molar-refractivity contribution in [3.8, 4) is 0 Å². The van der Waals surface area contributed by atoms with Gasteiger partial charge in [-0.25, -0.2) is 12.8 Å². The lowest BCUT2D eigenvalue weighted by Gasteiger charge is -2.47. The van der Waals surface area contributed by atoms with Crippen LogP contribution in [-0.2, 0) is 26.2 Å². The van der Waals surface area contributed by atoms with Crippen LogP contribution in [-0.4, -0.2) is 48.9 Å². The molecule has 0 radical (unpaired) electrons. The number of carbonyl (C=O) groups excluding carboxylic acids is 2. The molecule has 3 rings (SSSR count). The van der Waals surface area contributed by atoms with Gasteiger partial charge in [-0.1, -0.05) is 29.8 Å². The first-order valence-corrected chi connectivity index (χ1v) is 12.1. The summed E-state index contributed by atoms with van der Waals surface area (Å²) >= 11 is 6.26. The van der Waals surface area contributed by atoms with Crippen LogP contribution in [0.4, 0.5) is 10.1 Å². The van der Waals surface area contributed by atoms with Gasteiger partial charge in [0, 0.05) is 23.8 Å². The third-order valence-corrected chi connectivity index (χ3v) is 7.82. The maximum Gasteiger partial charge on any atom is 0.247 e. The number of rotatable bonds is 6. The summed E-state index contributed by atoms with van der Waals surface area (Å²) in [7, 11) is -3.72. The topological polar surface area (TPSA) is 86.8 Å². The zero-order valence-corrected chi connectivity index (χ0v) is 19.6. The zero-order valence-electron chi connectivity index (χ0n) is 18.1. The molecule has 0 aliphatic carbocycles. The molecular weight excluding hydrogens is 457 g/mol. The summed E-state index contributed by atoms with van der Waals surface area (Å²) in [5.41, 5.74) is 0.170. The van der Waals surface area contributed by atoms with Crippen molar-refractivity contribution in [1.82, 2.24) is 9.62 Å². The maximum absolute atomic E-state index is 13.4. The smallest absolute Gasteiger partial charge is 0.247 e. The lowest BCUT2D eigenvalue weighted by molar-refractivity contribution is -0.133. The van der Waals surface area contributed by atoms with Crippen LogP contribution >= 0.6 is 11.6 Å². The third-order valence-electron chi connectivity index (χ3n) is 5.63. The molecule has 172 valence electrons. The summed E-state index contributed by atoms with van der Waals surface area (Å²) in [6, 6.07) is 10.7. The molecule has 1 saturated heterocycles. The van der Waals surface area contributed by atoms with E-state index in [-0.39, 0.29) is 25.4 Å². The molecule has 2 aromatic carbocycles. The van der Waals surface area contributed by atoms with E-state index in [2.05, 4.69) is 5.32 Å². The van der Waals surface area contributed by atoms with Crippen LogP contribution in [0.3, 0.4) is 0 Å². The third kappa shape index (κ3) is 4.65. The van der Waals surface area contributed by atoms with Crippen molar-refractivity contribution in [2.75, 3.05) is 23.7 Å². The van der Waals surface area contributed by atoms with Gasteiger partial charge in [-0.15, -0.1) is 0 Å². The molecule has 1 fully saturated rings. The molecule has 10 heteroatoms. The first-order chi connectivity index (χ1) is 15.0. The lowest BCUT2D eigenvalue weighted by Crippen LogP contribution is -2.70. The van der Waals surface area contributed by atoms with Gasteiger partial charge in [0.2, 0.25) is 21.8 Å². The van der Waals surface area contributed by atoms with Gasteiger partial charge in [0.25, 0.3) is 0 Å². The summed E-state index contributed by atoms with van der Waals surface area (Å²) in [5.74, 6) is -1.65. The molecule has 0 spiro atoms. The molecule has 2 aromatic rings. The van der Waals surface area contributed by atoms with Crippen LogP contribution in [0.2, 0.25) is 5.02 Å². The average molecular weight is 482 g/mol. The molecule has 7 nitrogen and oxygen atoms in total. The van der Waals surface area contributed by atoms with Crippen molar-refractivity contribution in [2.45, 2.75) is 32.9 Å². The second-order valence-corrected chi connectivity index (χ2v) is 10.5. The molecule has 32 heavy (non-hydrogen) atoms. The lowest BCUT2D eigenvalue weighted by atomic mass is 9.93. The first-order valence-electron chi connectivity index (χ1n) is 10.1. The SMILES string of the molecule is CCS(=O)(=O)N1CC(=O)N(c2cccc(Cl)c2C)[C@](C)(C(=O)NCc2ccc(F)cc2)C1. The van der Waals surface area contributed by atoms with Crippen LogP contribution in [0.15, 0.2) is 42.5 Å². The highest BCUT2D eigenvalue weighted by atomic mass is 35.5. The Morgan fingerprint density at radius 1 is 1.22 bits per heavy atom. The van der Waals surface area contributed by atoms with Crippen LogP contribution in [0.25, 0.3) is 0 Å². The number of benzene rings is 2. The first kappa shape index (κ1) is 24.2. The van der Waals surface area contributed by atoms with E-state index in [4.69, 9.17) is 11.6 Å². The van der Waals surface area contributed by atoms with E-state index in [1.807, 2.05) is 0 Å². The van der Waals surface area contributed by atoms with Crippen molar-refractivity contribution < 1.29 is 22.4 Å². The Balaban J connectivity index is 2.00. The van der Waals surface area contributed by atoms with Crippen molar-refractivity contribution in [3.05, 3.63) is 64.4 Å². The predicted molar refractivity (Wildman–Crippen MR) is 121 cm³/mol. The highest BCUT2D eigenvalue weighted by Gasteiger charge is 2.51. The van der Waals surface area contributed by atoms with E-state index in [0.29, 0.717) is 21.8 Å². The monoisotopic (exact) mass is 481 g/mol. The van der Waals surface area contributed by atoms with Gasteiger partial charge in [0.05, 0.1) is 12.3 Å². The van der Waals surface area contributed by atoms with E-state index in [0.717, 1.165) is 4.31 Å². The Bertz CT molecular complexity index is 1140. The maximum atomic E-state index is 13.4. The number of piperazine rings is 1. The van der Waals surface area contributed by atoms with Crippen LogP contribution in [0, 0.1) is 12.7 Å². The number of halogens is 2. The van der Waals surface area contributed by atoms with Crippen LogP contribution in [0.5, 0.6) is 0 Å². The second-order valence-electron chi connectivity index (χ2n) is 7.86. The second kappa shape index (κ2) is 9.17. The minimum absolute atomic E-state index is 0.0891. The number of nitrogens with zero attached hydrogens (tertiary/aromatic N) is 2. The van der Waals surface area contributed by atoms with Gasteiger partial charge in [-0.2, -0.15) is 4.31 Å². The Labute approximate surface area is 192 Å². The predicted octanol–water partition coefficient (Wildman–Crippen LogP) is 2.86. The van der Waals surface area contributed by atoms with Gasteiger partial charge < -0.3 is 5.32 Å². The Hall–Kier alpha value is -2.49. The molecule has 1 aliphatic heterocycles. The van der Waals surface area contributed by atoms with Crippen LogP contribution < -0.4 is 10.2 Å². The number of carbonyl (C=O) groups is 2. The summed E-state index contributed by atoms with van der Waals surface area (Å²) in [5, 5.41) is 3.19. The van der Waals surface area contributed by atoms with Crippen molar-refractivity contribution in [3.63, 3.8) is 0 Å². The van der Waals surface area contributed by atoms with E-state index in [9.17, 15) is 22.4 Å². The van der Waals surface area contributed by atoms with Gasteiger partial charge in [0.15, 0.2) is 0 Å². The highest BCUT2D eigenvalue weighted by molar-refractivity contribution is 7.89. The minimum Gasteiger partial charge on any atom is -0.350 e. The Morgan fingerprint density at radius 2 is 1.88 bits per heavy atom. The number of amides is 2. The van der Waals surface area contributed by atoms with Crippen LogP contribution in [0.1, 0.15) is 25.0 Å². The average Bonchev–Trinajstić information content (AvgIpc) is 2.75. The van der Waals surface area contributed by atoms with Crippen molar-refractivity contribution in [1.29, 1.82) is 0 Å². The van der Waals surface area contributed by atoms with E-state index in [1.165, 1.54) is 43.0 Å². The quantitative estimate of drug-likeness (QED) is 0.687. The number of sulfonamides is 1. The molecule has 0 bridgehead atoms. The van der Waals surface area contributed by atoms with Gasteiger partial charge in [0.1, 0.15) is 11.4 Å². The molecule has 2 amide bonds. The summed E-state index contributed by atoms with van der Waals surface area (Å²) in [4.78, 5) is 28.0. The molecule has 0 saturated carbocycles. The van der Waals surface area contributed by atoms with E-state index in [1.54, 1.807) is 25.1 Å². The zero-order chi connectivity index (χ0) is 23.7. The molecule has 1 atom stereocenters. The highest BCUT2D eigenvalue weighted by Crippen LogP contribution is 2.35. The van der Waals surface area contributed by atoms with Gasteiger partial charge in [-0.05, 0) is 56.2 Å². The number of hydrogen-bond acceptors (Lipinski definition) is 4. The minimum atomic E-state index is -3.72. The molecule has 1 heterocycles. The van der Waals surface area contributed by atoms with E-state index < -0.39 is 33.2 Å². The summed E-state index contributed by atoms with van der Waals surface area (Å²) in [6.45, 7) is 4.25. The fourth-order valence-electron chi connectivity index (χ4n) is 3.73. The number of nitrogens with one attached hydrogen (secondary N) is 1. The number of anilines is 1. The largest absolute Gasteiger partial charge is 0.350 e. The summed E-state index contributed by atoms with van der Waals surface area (Å²) in [6.07, 6.45) is 0. The fraction of sp³-hybridized carbons (Fsp3) is 0.364. The van der Waals surface area contributed by atoms with E-state index >= 15 is 0 Å². The standard InChI is InChI=1S/C22H25ClFN3O4S/c1-4-32(30,31)26-13-20(28)27(19-7-5-6-18(23)15(19)2)22(3,14-26)21(29)25-12-16-8-10-17(24)11-9-16/h5-11H,4,12-14H2,1-3H3,(H,25,29)/t22-/m0/s1. The molecule has 1 aliphatic rings.